The number of aliphatic carboxylic acids is 1. The number of carboxylic acids is 1. The average molecular weight is 302 g/mol. The van der Waals surface area contributed by atoms with Crippen molar-refractivity contribution in [3.63, 3.8) is 0 Å². The Morgan fingerprint density at radius 3 is 2.53 bits per heavy atom. The molecule has 9 heteroatoms. The molecule has 0 saturated heterocycles. The monoisotopic (exact) mass is 302 g/mol. The van der Waals surface area contributed by atoms with Crippen molar-refractivity contribution in [1.29, 1.82) is 0 Å². The molecule has 110 valence electrons. The van der Waals surface area contributed by atoms with Crippen LogP contribution in [0.15, 0.2) is 12.2 Å². The maximum absolute atomic E-state index is 12.3. The van der Waals surface area contributed by atoms with Crippen molar-refractivity contribution in [3.8, 4) is 0 Å². The molecule has 0 radical (unpaired) electrons. The van der Waals surface area contributed by atoms with E-state index in [1.54, 1.807) is 13.0 Å². The number of halogens is 3. The Morgan fingerprint density at radius 2 is 2.11 bits per heavy atom. The van der Waals surface area contributed by atoms with Gasteiger partial charge in [-0.05, 0) is 19.3 Å². The lowest BCUT2D eigenvalue weighted by molar-refractivity contribution is -0.162. The van der Waals surface area contributed by atoms with Crippen LogP contribution in [-0.4, -0.2) is 30.6 Å². The first kappa shape index (κ1) is 16.0. The van der Waals surface area contributed by atoms with Crippen molar-refractivity contribution in [2.75, 3.05) is 0 Å². The number of carboxylic acid groups (broad SMARTS) is 1. The lowest BCUT2D eigenvalue weighted by atomic mass is 9.78. The summed E-state index contributed by atoms with van der Waals surface area (Å²) < 4.78 is 63.2. The highest BCUT2D eigenvalue weighted by Gasteiger charge is 2.57. The number of carbonyl (C=O) groups is 1. The van der Waals surface area contributed by atoms with Crippen molar-refractivity contribution in [1.82, 2.24) is 0 Å². The molecule has 19 heavy (non-hydrogen) atoms. The van der Waals surface area contributed by atoms with Crippen LogP contribution in [0.5, 0.6) is 0 Å². The van der Waals surface area contributed by atoms with E-state index in [-0.39, 0.29) is 19.3 Å². The summed E-state index contributed by atoms with van der Waals surface area (Å²) in [6.07, 6.45) is 2.93. The second-order valence-corrected chi connectivity index (χ2v) is 5.70. The zero-order valence-corrected chi connectivity index (χ0v) is 10.8. The Balaban J connectivity index is 3.23. The SMILES string of the molecule is CCC1C=CCCC1(OS(=O)(=O)C(F)(F)F)C(=O)O. The number of allylic oxidation sites excluding steroid dienone is 1. The molecule has 0 aromatic carbocycles. The number of hydrogen-bond acceptors (Lipinski definition) is 4. The Bertz CT molecular complexity index is 482. The van der Waals surface area contributed by atoms with Crippen LogP contribution >= 0.6 is 0 Å². The van der Waals surface area contributed by atoms with Gasteiger partial charge in [0.15, 0.2) is 5.60 Å². The molecule has 5 nitrogen and oxygen atoms in total. The molecular formula is C10H13F3O5S. The summed E-state index contributed by atoms with van der Waals surface area (Å²) in [6, 6.07) is 0. The van der Waals surface area contributed by atoms with Gasteiger partial charge in [0.05, 0.1) is 0 Å². The van der Waals surface area contributed by atoms with Crippen LogP contribution in [0.1, 0.15) is 26.2 Å². The second-order valence-electron chi connectivity index (χ2n) is 4.16. The summed E-state index contributed by atoms with van der Waals surface area (Å²) in [4.78, 5) is 11.3. The summed E-state index contributed by atoms with van der Waals surface area (Å²) in [5.74, 6) is -2.65. The fourth-order valence-corrected chi connectivity index (χ4v) is 2.78. The van der Waals surface area contributed by atoms with E-state index in [2.05, 4.69) is 4.18 Å². The van der Waals surface area contributed by atoms with Gasteiger partial charge in [-0.2, -0.15) is 21.6 Å². The topological polar surface area (TPSA) is 80.7 Å². The lowest BCUT2D eigenvalue weighted by Gasteiger charge is -2.36. The molecule has 0 spiro atoms. The predicted octanol–water partition coefficient (Wildman–Crippen LogP) is 2.05. The number of rotatable bonds is 4. The first-order valence-electron chi connectivity index (χ1n) is 5.49. The van der Waals surface area contributed by atoms with Crippen LogP contribution in [0.2, 0.25) is 0 Å². The highest BCUT2D eigenvalue weighted by molar-refractivity contribution is 7.87. The summed E-state index contributed by atoms with van der Waals surface area (Å²) in [7, 11) is -5.96. The van der Waals surface area contributed by atoms with Crippen LogP contribution in [0.3, 0.4) is 0 Å². The Hall–Kier alpha value is -1.09. The van der Waals surface area contributed by atoms with Crippen molar-refractivity contribution >= 4 is 16.1 Å². The van der Waals surface area contributed by atoms with Crippen LogP contribution in [-0.2, 0) is 19.1 Å². The van der Waals surface area contributed by atoms with Crippen molar-refractivity contribution < 1.29 is 35.7 Å². The van der Waals surface area contributed by atoms with Crippen LogP contribution in [0, 0.1) is 5.92 Å². The molecule has 0 aliphatic heterocycles. The highest BCUT2D eigenvalue weighted by Crippen LogP contribution is 2.39. The standard InChI is InChI=1S/C10H13F3O5S/c1-2-7-5-3-4-6-9(7,8(14)15)18-19(16,17)10(11,12)13/h3,5,7H,2,4,6H2,1H3,(H,14,15). The molecule has 0 aromatic heterocycles. The minimum atomic E-state index is -5.96. The Labute approximate surface area is 108 Å². The molecule has 0 saturated carbocycles. The lowest BCUT2D eigenvalue weighted by Crippen LogP contribution is -2.51. The van der Waals surface area contributed by atoms with Gasteiger partial charge in [-0.25, -0.2) is 8.98 Å². The summed E-state index contributed by atoms with van der Waals surface area (Å²) in [6.45, 7) is 1.54. The van der Waals surface area contributed by atoms with Gasteiger partial charge >= 0.3 is 21.6 Å². The largest absolute Gasteiger partial charge is 0.523 e. The predicted molar refractivity (Wildman–Crippen MR) is 58.6 cm³/mol. The van der Waals surface area contributed by atoms with Gasteiger partial charge in [-0.3, -0.25) is 0 Å². The van der Waals surface area contributed by atoms with Gasteiger partial charge in [-0.1, -0.05) is 19.1 Å². The van der Waals surface area contributed by atoms with Gasteiger partial charge in [0.1, 0.15) is 0 Å². The van der Waals surface area contributed by atoms with E-state index in [4.69, 9.17) is 5.11 Å². The summed E-state index contributed by atoms with van der Waals surface area (Å²) in [5.41, 5.74) is -8.03. The third kappa shape index (κ3) is 2.92. The minimum Gasteiger partial charge on any atom is -0.479 e. The van der Waals surface area contributed by atoms with E-state index < -0.39 is 33.1 Å². The maximum atomic E-state index is 12.3. The molecule has 2 unspecified atom stereocenters. The van der Waals surface area contributed by atoms with Crippen molar-refractivity contribution in [2.24, 2.45) is 5.92 Å². The third-order valence-corrected chi connectivity index (χ3v) is 4.08. The van der Waals surface area contributed by atoms with E-state index in [1.807, 2.05) is 0 Å². The molecule has 1 N–H and O–H groups in total. The van der Waals surface area contributed by atoms with Gasteiger partial charge in [-0.15, -0.1) is 0 Å². The summed E-state index contributed by atoms with van der Waals surface area (Å²) in [5, 5.41) is 9.13. The van der Waals surface area contributed by atoms with Crippen LogP contribution < -0.4 is 0 Å². The molecule has 1 aliphatic carbocycles. The molecule has 0 fully saturated rings. The summed E-state index contributed by atoms with van der Waals surface area (Å²) >= 11 is 0. The van der Waals surface area contributed by atoms with E-state index >= 15 is 0 Å². The van der Waals surface area contributed by atoms with E-state index in [1.165, 1.54) is 6.08 Å². The second kappa shape index (κ2) is 5.12. The van der Waals surface area contributed by atoms with Gasteiger partial charge < -0.3 is 5.11 Å². The molecular weight excluding hydrogens is 289 g/mol. The van der Waals surface area contributed by atoms with E-state index in [0.29, 0.717) is 0 Å². The number of hydrogen-bond donors (Lipinski definition) is 1. The molecule has 1 rings (SSSR count). The molecule has 0 heterocycles. The van der Waals surface area contributed by atoms with Gasteiger partial charge in [0, 0.05) is 5.92 Å². The zero-order chi connectivity index (χ0) is 14.9. The molecule has 1 aliphatic rings. The Morgan fingerprint density at radius 1 is 1.53 bits per heavy atom. The molecule has 2 atom stereocenters. The first-order chi connectivity index (χ1) is 8.57. The third-order valence-electron chi connectivity index (χ3n) is 2.99. The smallest absolute Gasteiger partial charge is 0.479 e. The van der Waals surface area contributed by atoms with Crippen LogP contribution in [0.25, 0.3) is 0 Å². The van der Waals surface area contributed by atoms with Gasteiger partial charge in [0.25, 0.3) is 0 Å². The Kier molecular flexibility index (Phi) is 4.30. The average Bonchev–Trinajstić information content (AvgIpc) is 2.27. The maximum Gasteiger partial charge on any atom is 0.523 e. The number of alkyl halides is 3. The fraction of sp³-hybridized carbons (Fsp3) is 0.700. The molecule has 0 amide bonds. The minimum absolute atomic E-state index is 0.135. The van der Waals surface area contributed by atoms with E-state index in [9.17, 15) is 26.4 Å². The zero-order valence-electron chi connectivity index (χ0n) is 9.98. The normalized spacial score (nSPS) is 28.3. The van der Waals surface area contributed by atoms with Gasteiger partial charge in [0.2, 0.25) is 0 Å². The molecule has 0 bridgehead atoms. The molecule has 0 aromatic rings. The first-order valence-corrected chi connectivity index (χ1v) is 6.89. The van der Waals surface area contributed by atoms with E-state index in [0.717, 1.165) is 0 Å². The quantitative estimate of drug-likeness (QED) is 0.488. The van der Waals surface area contributed by atoms with Crippen molar-refractivity contribution in [3.05, 3.63) is 12.2 Å². The highest BCUT2D eigenvalue weighted by atomic mass is 32.2. The van der Waals surface area contributed by atoms with Crippen molar-refractivity contribution in [2.45, 2.75) is 37.3 Å². The van der Waals surface area contributed by atoms with Crippen LogP contribution in [0.4, 0.5) is 13.2 Å². The fourth-order valence-electron chi connectivity index (χ4n) is 2.01.